The van der Waals surface area contributed by atoms with E-state index >= 15 is 0 Å². The Kier molecular flexibility index (Phi) is 5.44. The van der Waals surface area contributed by atoms with Gasteiger partial charge in [0.25, 0.3) is 5.69 Å². The second-order valence-corrected chi connectivity index (χ2v) is 6.20. The van der Waals surface area contributed by atoms with E-state index in [0.717, 1.165) is 17.5 Å². The topological polar surface area (TPSA) is 94.7 Å². The Morgan fingerprint density at radius 3 is 2.35 bits per heavy atom. The van der Waals surface area contributed by atoms with Gasteiger partial charge in [-0.25, -0.2) is 4.79 Å². The quantitative estimate of drug-likeness (QED) is 0.341. The summed E-state index contributed by atoms with van der Waals surface area (Å²) in [6, 6.07) is 5.68. The molecule has 8 nitrogen and oxygen atoms in total. The van der Waals surface area contributed by atoms with Crippen molar-refractivity contribution >= 4 is 23.1 Å². The molecule has 2 aromatic rings. The van der Waals surface area contributed by atoms with E-state index in [1.54, 1.807) is 25.1 Å². The third-order valence-corrected chi connectivity index (χ3v) is 4.30. The number of esters is 1. The third kappa shape index (κ3) is 3.74. The highest BCUT2D eigenvalue weighted by Gasteiger charge is 2.21. The molecule has 1 aromatic heterocycles. The first-order valence-electron chi connectivity index (χ1n) is 7.92. The van der Waals surface area contributed by atoms with Crippen LogP contribution in [0.2, 0.25) is 0 Å². The van der Waals surface area contributed by atoms with Crippen LogP contribution in [0.15, 0.2) is 24.3 Å². The molecule has 0 bridgehead atoms. The maximum absolute atomic E-state index is 12.4. The molecule has 0 aliphatic rings. The van der Waals surface area contributed by atoms with Crippen LogP contribution in [0.3, 0.4) is 0 Å². The zero-order chi connectivity index (χ0) is 19.6. The van der Waals surface area contributed by atoms with Crippen LogP contribution < -0.4 is 4.90 Å². The van der Waals surface area contributed by atoms with Crippen molar-refractivity contribution in [1.29, 1.82) is 0 Å². The molecule has 0 atom stereocenters. The summed E-state index contributed by atoms with van der Waals surface area (Å²) in [5, 5.41) is 11.0. The highest BCUT2D eigenvalue weighted by atomic mass is 16.6. The van der Waals surface area contributed by atoms with E-state index in [4.69, 9.17) is 4.74 Å². The molecule has 26 heavy (non-hydrogen) atoms. The Labute approximate surface area is 151 Å². The fourth-order valence-corrected chi connectivity index (χ4v) is 2.62. The maximum atomic E-state index is 12.4. The molecule has 0 spiro atoms. The summed E-state index contributed by atoms with van der Waals surface area (Å²) in [5.74, 6) is -1.10. The fraction of sp³-hybridized carbons (Fsp3) is 0.333. The largest absolute Gasteiger partial charge is 0.454 e. The molecule has 2 rings (SSSR count). The Morgan fingerprint density at radius 1 is 1.19 bits per heavy atom. The number of benzene rings is 1. The van der Waals surface area contributed by atoms with E-state index in [9.17, 15) is 19.7 Å². The van der Waals surface area contributed by atoms with Gasteiger partial charge < -0.3 is 14.2 Å². The standard InChI is InChI=1S/C18H21N3O5/c1-11-8-14(12(2)20(11)5)17(22)10-26-18(23)15-9-13(21(24)25)6-7-16(15)19(3)4/h6-9H,10H2,1-5H3. The van der Waals surface area contributed by atoms with Crippen molar-refractivity contribution in [1.82, 2.24) is 4.57 Å². The van der Waals surface area contributed by atoms with Crippen LogP contribution in [0.4, 0.5) is 11.4 Å². The zero-order valence-corrected chi connectivity index (χ0v) is 15.4. The van der Waals surface area contributed by atoms with Crippen LogP contribution >= 0.6 is 0 Å². The summed E-state index contributed by atoms with van der Waals surface area (Å²) in [4.78, 5) is 36.8. The molecular formula is C18H21N3O5. The van der Waals surface area contributed by atoms with Gasteiger partial charge in [-0.3, -0.25) is 14.9 Å². The number of nitrogens with zero attached hydrogens (tertiary/aromatic N) is 3. The van der Waals surface area contributed by atoms with Gasteiger partial charge in [0, 0.05) is 50.2 Å². The number of aromatic nitrogens is 1. The van der Waals surface area contributed by atoms with Gasteiger partial charge in [0.05, 0.1) is 16.2 Å². The lowest BCUT2D eigenvalue weighted by molar-refractivity contribution is -0.384. The highest BCUT2D eigenvalue weighted by molar-refractivity contribution is 6.02. The Bertz CT molecular complexity index is 883. The lowest BCUT2D eigenvalue weighted by Crippen LogP contribution is -2.19. The smallest absolute Gasteiger partial charge is 0.340 e. The SMILES string of the molecule is Cc1cc(C(=O)COC(=O)c2cc([N+](=O)[O-])ccc2N(C)C)c(C)n1C. The summed E-state index contributed by atoms with van der Waals surface area (Å²) < 4.78 is 7.00. The van der Waals surface area contributed by atoms with Gasteiger partial charge in [-0.2, -0.15) is 0 Å². The van der Waals surface area contributed by atoms with Crippen molar-refractivity contribution in [2.75, 3.05) is 25.6 Å². The van der Waals surface area contributed by atoms with Crippen molar-refractivity contribution in [3.05, 3.63) is 56.9 Å². The lowest BCUT2D eigenvalue weighted by atomic mass is 10.1. The Balaban J connectivity index is 2.21. The molecule has 0 saturated heterocycles. The molecule has 0 amide bonds. The summed E-state index contributed by atoms with van der Waals surface area (Å²) in [6.07, 6.45) is 0. The molecule has 0 saturated carbocycles. The first-order valence-corrected chi connectivity index (χ1v) is 7.92. The first kappa shape index (κ1) is 19.2. The molecule has 8 heteroatoms. The zero-order valence-electron chi connectivity index (χ0n) is 15.4. The van der Waals surface area contributed by atoms with E-state index in [0.29, 0.717) is 11.3 Å². The van der Waals surface area contributed by atoms with Gasteiger partial charge in [0.15, 0.2) is 6.61 Å². The number of nitro benzene ring substituents is 1. The highest BCUT2D eigenvalue weighted by Crippen LogP contribution is 2.25. The van der Waals surface area contributed by atoms with Gasteiger partial charge in [0.2, 0.25) is 5.78 Å². The van der Waals surface area contributed by atoms with E-state index in [1.165, 1.54) is 12.1 Å². The van der Waals surface area contributed by atoms with Gasteiger partial charge in [0.1, 0.15) is 0 Å². The van der Waals surface area contributed by atoms with E-state index in [1.807, 2.05) is 25.5 Å². The molecule has 1 aromatic carbocycles. The molecule has 1 heterocycles. The number of rotatable bonds is 6. The monoisotopic (exact) mass is 359 g/mol. The van der Waals surface area contributed by atoms with Crippen LogP contribution in [-0.2, 0) is 11.8 Å². The minimum absolute atomic E-state index is 0.0398. The molecule has 0 unspecified atom stereocenters. The molecule has 138 valence electrons. The lowest BCUT2D eigenvalue weighted by Gasteiger charge is -2.16. The van der Waals surface area contributed by atoms with Crippen molar-refractivity contribution in [2.45, 2.75) is 13.8 Å². The molecule has 0 aliphatic carbocycles. The van der Waals surface area contributed by atoms with Gasteiger partial charge in [-0.1, -0.05) is 0 Å². The van der Waals surface area contributed by atoms with Crippen LogP contribution in [0.5, 0.6) is 0 Å². The van der Waals surface area contributed by atoms with Gasteiger partial charge >= 0.3 is 5.97 Å². The molecule has 0 radical (unpaired) electrons. The number of ketones is 1. The van der Waals surface area contributed by atoms with Gasteiger partial charge in [-0.15, -0.1) is 0 Å². The normalized spacial score (nSPS) is 10.5. The number of aryl methyl sites for hydroxylation is 1. The van der Waals surface area contributed by atoms with Crippen molar-refractivity contribution in [3.63, 3.8) is 0 Å². The van der Waals surface area contributed by atoms with E-state index in [2.05, 4.69) is 0 Å². The predicted molar refractivity (Wildman–Crippen MR) is 96.9 cm³/mol. The number of carbonyl (C=O) groups excluding carboxylic acids is 2. The fourth-order valence-electron chi connectivity index (χ4n) is 2.62. The first-order chi connectivity index (χ1) is 12.1. The number of Topliss-reactive ketones (excluding diaryl/α,β-unsaturated/α-hetero) is 1. The van der Waals surface area contributed by atoms with E-state index < -0.39 is 17.5 Å². The van der Waals surface area contributed by atoms with Crippen LogP contribution in [0.25, 0.3) is 0 Å². The minimum Gasteiger partial charge on any atom is -0.454 e. The predicted octanol–water partition coefficient (Wildman–Crippen LogP) is 2.66. The number of ether oxygens (including phenoxy) is 1. The number of hydrogen-bond donors (Lipinski definition) is 0. The summed E-state index contributed by atoms with van der Waals surface area (Å²) in [7, 11) is 5.26. The number of carbonyl (C=O) groups is 2. The van der Waals surface area contributed by atoms with E-state index in [-0.39, 0.29) is 17.0 Å². The van der Waals surface area contributed by atoms with Crippen molar-refractivity contribution < 1.29 is 19.2 Å². The summed E-state index contributed by atoms with van der Waals surface area (Å²) in [5.41, 5.74) is 2.49. The average Bonchev–Trinajstić information content (AvgIpc) is 2.86. The van der Waals surface area contributed by atoms with Crippen LogP contribution in [0.1, 0.15) is 32.1 Å². The van der Waals surface area contributed by atoms with Crippen molar-refractivity contribution in [3.8, 4) is 0 Å². The maximum Gasteiger partial charge on any atom is 0.340 e. The minimum atomic E-state index is -0.781. The number of hydrogen-bond acceptors (Lipinski definition) is 6. The van der Waals surface area contributed by atoms with Gasteiger partial charge in [-0.05, 0) is 26.0 Å². The number of anilines is 1. The Morgan fingerprint density at radius 2 is 1.85 bits per heavy atom. The second-order valence-electron chi connectivity index (χ2n) is 6.20. The van der Waals surface area contributed by atoms with Crippen LogP contribution in [0, 0.1) is 24.0 Å². The number of non-ortho nitro benzene ring substituents is 1. The molecule has 0 aliphatic heterocycles. The average molecular weight is 359 g/mol. The molecule has 0 N–H and O–H groups in total. The Hall–Kier alpha value is -3.16. The third-order valence-electron chi connectivity index (χ3n) is 4.30. The van der Waals surface area contributed by atoms with Crippen molar-refractivity contribution in [2.24, 2.45) is 7.05 Å². The summed E-state index contributed by atoms with van der Waals surface area (Å²) >= 11 is 0. The second kappa shape index (κ2) is 7.38. The number of nitro groups is 1. The van der Waals surface area contributed by atoms with Crippen LogP contribution in [-0.4, -0.2) is 41.9 Å². The summed E-state index contributed by atoms with van der Waals surface area (Å²) in [6.45, 7) is 3.26. The molecular weight excluding hydrogens is 338 g/mol. The molecule has 0 fully saturated rings.